The van der Waals surface area contributed by atoms with E-state index in [0.29, 0.717) is 6.04 Å². The Balaban J connectivity index is 1.80. The van der Waals surface area contributed by atoms with Gasteiger partial charge in [-0.2, -0.15) is 0 Å². The van der Waals surface area contributed by atoms with Crippen molar-refractivity contribution in [2.45, 2.75) is 51.1 Å². The lowest BCUT2D eigenvalue weighted by atomic mass is 9.81. The van der Waals surface area contributed by atoms with E-state index < -0.39 is 0 Å². The Hall–Kier alpha value is -1.67. The minimum atomic E-state index is -0.168. The largest absolute Gasteiger partial charge is 0.303 e. The number of benzene rings is 2. The monoisotopic (exact) mass is 295 g/mol. The lowest BCUT2D eigenvalue weighted by Crippen LogP contribution is -2.38. The Labute approximate surface area is 131 Å². The number of rotatable bonds is 1. The molecule has 0 saturated heterocycles. The van der Waals surface area contributed by atoms with Gasteiger partial charge in [-0.1, -0.05) is 24.3 Å². The topological polar surface area (TPSA) is 12.0 Å². The Morgan fingerprint density at radius 3 is 2.36 bits per heavy atom. The lowest BCUT2D eigenvalue weighted by molar-refractivity contribution is 0.462. The van der Waals surface area contributed by atoms with Crippen LogP contribution in [-0.2, 0) is 19.3 Å². The second-order valence-electron chi connectivity index (χ2n) is 6.78. The van der Waals surface area contributed by atoms with E-state index in [1.807, 2.05) is 12.1 Å². The zero-order valence-electron chi connectivity index (χ0n) is 13.0. The van der Waals surface area contributed by atoms with Gasteiger partial charge in [-0.05, 0) is 79.0 Å². The summed E-state index contributed by atoms with van der Waals surface area (Å²) < 4.78 is 13.2. The van der Waals surface area contributed by atoms with Gasteiger partial charge in [-0.3, -0.25) is 0 Å². The first-order valence-corrected chi connectivity index (χ1v) is 8.37. The Morgan fingerprint density at radius 1 is 0.955 bits per heavy atom. The predicted molar refractivity (Wildman–Crippen MR) is 87.6 cm³/mol. The molecule has 0 bridgehead atoms. The third-order valence-electron chi connectivity index (χ3n) is 5.10. The van der Waals surface area contributed by atoms with E-state index in [9.17, 15) is 4.39 Å². The molecule has 0 saturated carbocycles. The maximum Gasteiger partial charge on any atom is 0.123 e. The molecule has 0 radical (unpaired) electrons. The number of hydrogen-bond donors (Lipinski definition) is 1. The molecule has 0 fully saturated rings. The summed E-state index contributed by atoms with van der Waals surface area (Å²) >= 11 is 0. The molecule has 1 aliphatic heterocycles. The van der Waals surface area contributed by atoms with E-state index in [1.54, 1.807) is 17.7 Å². The van der Waals surface area contributed by atoms with E-state index in [4.69, 9.17) is 0 Å². The summed E-state index contributed by atoms with van der Waals surface area (Å²) in [4.78, 5) is 0. The molecule has 0 aromatic heterocycles. The van der Waals surface area contributed by atoms with Crippen molar-refractivity contribution in [2.24, 2.45) is 0 Å². The SMILES string of the molecule is CC1Cc2cc3c(cc2C(c2ccc(F)cc2)N1)CCCC3. The fraction of sp³-hybridized carbons (Fsp3) is 0.400. The Kier molecular flexibility index (Phi) is 3.50. The summed E-state index contributed by atoms with van der Waals surface area (Å²) in [6, 6.07) is 12.4. The highest BCUT2D eigenvalue weighted by Gasteiger charge is 2.27. The molecule has 2 aromatic carbocycles. The minimum absolute atomic E-state index is 0.168. The Morgan fingerprint density at radius 2 is 1.64 bits per heavy atom. The quantitative estimate of drug-likeness (QED) is 0.826. The molecule has 1 N–H and O–H groups in total. The van der Waals surface area contributed by atoms with Crippen molar-refractivity contribution < 1.29 is 4.39 Å². The van der Waals surface area contributed by atoms with Gasteiger partial charge >= 0.3 is 0 Å². The second-order valence-corrected chi connectivity index (χ2v) is 6.78. The molecule has 22 heavy (non-hydrogen) atoms. The van der Waals surface area contributed by atoms with E-state index in [1.165, 1.54) is 42.4 Å². The van der Waals surface area contributed by atoms with Gasteiger partial charge < -0.3 is 5.32 Å². The molecule has 1 nitrogen and oxygen atoms in total. The molecule has 1 heterocycles. The first kappa shape index (κ1) is 14.0. The van der Waals surface area contributed by atoms with Gasteiger partial charge in [-0.15, -0.1) is 0 Å². The molecule has 2 heteroatoms. The van der Waals surface area contributed by atoms with Crippen LogP contribution in [0.2, 0.25) is 0 Å². The van der Waals surface area contributed by atoms with Gasteiger partial charge in [0, 0.05) is 6.04 Å². The molecular weight excluding hydrogens is 273 g/mol. The van der Waals surface area contributed by atoms with E-state index in [2.05, 4.69) is 24.4 Å². The van der Waals surface area contributed by atoms with Crippen LogP contribution in [0.4, 0.5) is 4.39 Å². The van der Waals surface area contributed by atoms with E-state index in [-0.39, 0.29) is 11.9 Å². The minimum Gasteiger partial charge on any atom is -0.303 e. The van der Waals surface area contributed by atoms with Crippen LogP contribution >= 0.6 is 0 Å². The summed E-state index contributed by atoms with van der Waals surface area (Å²) in [5.74, 6) is -0.168. The van der Waals surface area contributed by atoms with Crippen molar-refractivity contribution >= 4 is 0 Å². The smallest absolute Gasteiger partial charge is 0.123 e. The summed E-state index contributed by atoms with van der Waals surface area (Å²) in [7, 11) is 0. The van der Waals surface area contributed by atoms with Crippen LogP contribution in [0.25, 0.3) is 0 Å². The van der Waals surface area contributed by atoms with Gasteiger partial charge in [0.2, 0.25) is 0 Å². The zero-order chi connectivity index (χ0) is 15.1. The fourth-order valence-electron chi connectivity index (χ4n) is 4.00. The third-order valence-corrected chi connectivity index (χ3v) is 5.10. The van der Waals surface area contributed by atoms with E-state index >= 15 is 0 Å². The average Bonchev–Trinajstić information content (AvgIpc) is 2.53. The summed E-state index contributed by atoms with van der Waals surface area (Å²) in [6.45, 7) is 2.24. The third kappa shape index (κ3) is 2.46. The van der Waals surface area contributed by atoms with Crippen molar-refractivity contribution in [2.75, 3.05) is 0 Å². The zero-order valence-corrected chi connectivity index (χ0v) is 13.0. The molecular formula is C20H22FN. The Bertz CT molecular complexity index is 690. The first-order chi connectivity index (χ1) is 10.7. The van der Waals surface area contributed by atoms with Gasteiger partial charge in [0.15, 0.2) is 0 Å². The number of fused-ring (bicyclic) bond motifs is 2. The summed E-state index contributed by atoms with van der Waals surface area (Å²) in [5, 5.41) is 3.69. The van der Waals surface area contributed by atoms with Crippen molar-refractivity contribution in [1.82, 2.24) is 5.32 Å². The molecule has 2 aliphatic rings. The number of hydrogen-bond acceptors (Lipinski definition) is 1. The maximum atomic E-state index is 13.2. The lowest BCUT2D eigenvalue weighted by Gasteiger charge is -2.33. The van der Waals surface area contributed by atoms with Gasteiger partial charge in [0.25, 0.3) is 0 Å². The molecule has 0 spiro atoms. The van der Waals surface area contributed by atoms with Crippen LogP contribution in [0.1, 0.15) is 53.6 Å². The molecule has 4 rings (SSSR count). The van der Waals surface area contributed by atoms with Gasteiger partial charge in [0.1, 0.15) is 5.82 Å². The van der Waals surface area contributed by atoms with Crippen LogP contribution in [0.3, 0.4) is 0 Å². The van der Waals surface area contributed by atoms with Crippen molar-refractivity contribution in [3.63, 3.8) is 0 Å². The highest BCUT2D eigenvalue weighted by Crippen LogP contribution is 2.34. The molecule has 114 valence electrons. The van der Waals surface area contributed by atoms with Crippen molar-refractivity contribution in [1.29, 1.82) is 0 Å². The van der Waals surface area contributed by atoms with Crippen LogP contribution < -0.4 is 5.32 Å². The number of aryl methyl sites for hydroxylation is 2. The molecule has 1 aliphatic carbocycles. The average molecular weight is 295 g/mol. The molecule has 2 atom stereocenters. The van der Waals surface area contributed by atoms with E-state index in [0.717, 1.165) is 12.0 Å². The second kappa shape index (κ2) is 5.51. The molecule has 2 aromatic rings. The van der Waals surface area contributed by atoms with Crippen LogP contribution in [-0.4, -0.2) is 6.04 Å². The van der Waals surface area contributed by atoms with Crippen molar-refractivity contribution in [3.8, 4) is 0 Å². The highest BCUT2D eigenvalue weighted by molar-refractivity contribution is 5.46. The summed E-state index contributed by atoms with van der Waals surface area (Å²) in [5.41, 5.74) is 7.10. The van der Waals surface area contributed by atoms with Crippen LogP contribution in [0, 0.1) is 5.82 Å². The predicted octanol–water partition coefficient (Wildman–Crippen LogP) is 4.33. The maximum absolute atomic E-state index is 13.2. The van der Waals surface area contributed by atoms with Gasteiger partial charge in [0.05, 0.1) is 6.04 Å². The van der Waals surface area contributed by atoms with Crippen molar-refractivity contribution in [3.05, 3.63) is 70.0 Å². The standard InChI is InChI=1S/C20H22FN/c1-13-10-17-11-15-4-2-3-5-16(15)12-19(17)20(22-13)14-6-8-18(21)9-7-14/h6-9,11-13,20,22H,2-5,10H2,1H3. The number of halogens is 1. The fourth-order valence-corrected chi connectivity index (χ4v) is 4.00. The summed E-state index contributed by atoms with van der Waals surface area (Å²) in [6.07, 6.45) is 6.14. The first-order valence-electron chi connectivity index (χ1n) is 8.37. The molecule has 2 unspecified atom stereocenters. The van der Waals surface area contributed by atoms with Gasteiger partial charge in [-0.25, -0.2) is 4.39 Å². The van der Waals surface area contributed by atoms with Crippen LogP contribution in [0.15, 0.2) is 36.4 Å². The van der Waals surface area contributed by atoms with Crippen LogP contribution in [0.5, 0.6) is 0 Å². The molecule has 0 amide bonds. The number of nitrogens with one attached hydrogen (secondary N) is 1. The normalized spacial score (nSPS) is 23.7. The highest BCUT2D eigenvalue weighted by atomic mass is 19.1.